The molecule has 18 heavy (non-hydrogen) atoms. The zero-order chi connectivity index (χ0) is 12.5. The molecule has 0 saturated carbocycles. The predicted molar refractivity (Wildman–Crippen MR) is 75.0 cm³/mol. The lowest BCUT2D eigenvalue weighted by Gasteiger charge is -2.26. The van der Waals surface area contributed by atoms with Gasteiger partial charge in [0.05, 0.1) is 0 Å². The standard InChI is InChI=1S/C15H20N2O/c1-2-12-9-13-14(6-3-7-15(13)18-12)17-8-4-5-11(17)10-16/h3,6-7,9,11H,2,4-5,8,10,16H2,1H3. The first kappa shape index (κ1) is 11.6. The van der Waals surface area contributed by atoms with E-state index >= 15 is 0 Å². The van der Waals surface area contributed by atoms with Gasteiger partial charge in [0.1, 0.15) is 11.3 Å². The second-order valence-electron chi connectivity index (χ2n) is 4.98. The number of hydrogen-bond acceptors (Lipinski definition) is 3. The number of benzene rings is 1. The van der Waals surface area contributed by atoms with E-state index in [9.17, 15) is 0 Å². The van der Waals surface area contributed by atoms with Crippen LogP contribution in [0.2, 0.25) is 0 Å². The highest BCUT2D eigenvalue weighted by molar-refractivity contribution is 5.91. The van der Waals surface area contributed by atoms with E-state index in [0.29, 0.717) is 6.04 Å². The first-order valence-corrected chi connectivity index (χ1v) is 6.81. The van der Waals surface area contributed by atoms with Gasteiger partial charge in [0.2, 0.25) is 0 Å². The maximum absolute atomic E-state index is 5.87. The Morgan fingerprint density at radius 3 is 3.11 bits per heavy atom. The lowest BCUT2D eigenvalue weighted by molar-refractivity contribution is 0.557. The van der Waals surface area contributed by atoms with Crippen LogP contribution in [0.15, 0.2) is 28.7 Å². The van der Waals surface area contributed by atoms with Gasteiger partial charge in [-0.2, -0.15) is 0 Å². The lowest BCUT2D eigenvalue weighted by atomic mass is 10.1. The number of aryl methyl sites for hydroxylation is 1. The second-order valence-corrected chi connectivity index (χ2v) is 4.98. The summed E-state index contributed by atoms with van der Waals surface area (Å²) in [5.41, 5.74) is 8.15. The first-order valence-electron chi connectivity index (χ1n) is 6.81. The van der Waals surface area contributed by atoms with Gasteiger partial charge in [-0.3, -0.25) is 0 Å². The lowest BCUT2D eigenvalue weighted by Crippen LogP contribution is -2.35. The van der Waals surface area contributed by atoms with Crippen molar-refractivity contribution < 1.29 is 4.42 Å². The van der Waals surface area contributed by atoms with Crippen LogP contribution in [0.25, 0.3) is 11.0 Å². The summed E-state index contributed by atoms with van der Waals surface area (Å²) in [5, 5.41) is 1.23. The van der Waals surface area contributed by atoms with E-state index in [1.807, 2.05) is 6.07 Å². The molecule has 1 aromatic carbocycles. The molecule has 0 aliphatic carbocycles. The van der Waals surface area contributed by atoms with Gasteiger partial charge in [-0.25, -0.2) is 0 Å². The Morgan fingerprint density at radius 1 is 1.44 bits per heavy atom. The van der Waals surface area contributed by atoms with E-state index in [0.717, 1.165) is 30.9 Å². The molecule has 0 bridgehead atoms. The number of nitrogens with zero attached hydrogens (tertiary/aromatic N) is 1. The predicted octanol–water partition coefficient (Wildman–Crippen LogP) is 2.92. The van der Waals surface area contributed by atoms with Gasteiger partial charge in [-0.1, -0.05) is 13.0 Å². The van der Waals surface area contributed by atoms with Crippen LogP contribution in [-0.2, 0) is 6.42 Å². The third kappa shape index (κ3) is 1.79. The molecule has 2 N–H and O–H groups in total. The molecule has 3 heteroatoms. The molecule has 1 saturated heterocycles. The Kier molecular flexibility index (Phi) is 3.00. The third-order valence-electron chi connectivity index (χ3n) is 3.90. The summed E-state index contributed by atoms with van der Waals surface area (Å²) in [7, 11) is 0. The Labute approximate surface area is 108 Å². The van der Waals surface area contributed by atoms with Crippen LogP contribution in [0.1, 0.15) is 25.5 Å². The smallest absolute Gasteiger partial charge is 0.136 e. The zero-order valence-electron chi connectivity index (χ0n) is 10.9. The van der Waals surface area contributed by atoms with Gasteiger partial charge in [0, 0.05) is 36.6 Å². The summed E-state index contributed by atoms with van der Waals surface area (Å²) in [5.74, 6) is 1.06. The summed E-state index contributed by atoms with van der Waals surface area (Å²) in [6.45, 7) is 3.96. The minimum Gasteiger partial charge on any atom is -0.461 e. The first-order chi connectivity index (χ1) is 8.83. The van der Waals surface area contributed by atoms with Gasteiger partial charge in [-0.05, 0) is 31.0 Å². The van der Waals surface area contributed by atoms with Gasteiger partial charge in [0.15, 0.2) is 0 Å². The molecule has 2 heterocycles. The van der Waals surface area contributed by atoms with Crippen molar-refractivity contribution in [3.63, 3.8) is 0 Å². The molecule has 0 radical (unpaired) electrons. The van der Waals surface area contributed by atoms with Crippen molar-refractivity contribution in [1.82, 2.24) is 0 Å². The number of rotatable bonds is 3. The molecule has 0 amide bonds. The molecular weight excluding hydrogens is 224 g/mol. The summed E-state index contributed by atoms with van der Waals surface area (Å²) >= 11 is 0. The van der Waals surface area contributed by atoms with Crippen LogP contribution in [0.5, 0.6) is 0 Å². The molecule has 1 unspecified atom stereocenters. The average Bonchev–Trinajstić information content (AvgIpc) is 3.03. The van der Waals surface area contributed by atoms with Crippen LogP contribution < -0.4 is 10.6 Å². The maximum atomic E-state index is 5.87. The third-order valence-corrected chi connectivity index (χ3v) is 3.90. The van der Waals surface area contributed by atoms with Crippen molar-refractivity contribution in [1.29, 1.82) is 0 Å². The fourth-order valence-electron chi connectivity index (χ4n) is 2.92. The van der Waals surface area contributed by atoms with Gasteiger partial charge >= 0.3 is 0 Å². The highest BCUT2D eigenvalue weighted by atomic mass is 16.3. The highest BCUT2D eigenvalue weighted by Gasteiger charge is 2.25. The van der Waals surface area contributed by atoms with Crippen LogP contribution in [0.4, 0.5) is 5.69 Å². The van der Waals surface area contributed by atoms with Crippen molar-refractivity contribution in [3.05, 3.63) is 30.0 Å². The molecule has 1 fully saturated rings. The quantitative estimate of drug-likeness (QED) is 0.902. The molecule has 96 valence electrons. The molecule has 0 spiro atoms. The summed E-state index contributed by atoms with van der Waals surface area (Å²) in [6.07, 6.45) is 3.37. The van der Waals surface area contributed by atoms with Crippen LogP contribution in [0, 0.1) is 0 Å². The molecule has 3 nitrogen and oxygen atoms in total. The average molecular weight is 244 g/mol. The van der Waals surface area contributed by atoms with E-state index < -0.39 is 0 Å². The topological polar surface area (TPSA) is 42.4 Å². The van der Waals surface area contributed by atoms with Crippen LogP contribution in [0.3, 0.4) is 0 Å². The fourth-order valence-corrected chi connectivity index (χ4v) is 2.92. The summed E-state index contributed by atoms with van der Waals surface area (Å²) in [4.78, 5) is 2.44. The summed E-state index contributed by atoms with van der Waals surface area (Å²) in [6, 6.07) is 8.97. The van der Waals surface area contributed by atoms with Crippen LogP contribution in [-0.4, -0.2) is 19.1 Å². The van der Waals surface area contributed by atoms with Gasteiger partial charge < -0.3 is 15.1 Å². The van der Waals surface area contributed by atoms with Crippen molar-refractivity contribution in [3.8, 4) is 0 Å². The van der Waals surface area contributed by atoms with E-state index in [4.69, 9.17) is 10.2 Å². The Hall–Kier alpha value is -1.48. The van der Waals surface area contributed by atoms with Crippen molar-refractivity contribution in [2.75, 3.05) is 18.0 Å². The number of hydrogen-bond donors (Lipinski definition) is 1. The SMILES string of the molecule is CCc1cc2c(N3CCCC3CN)cccc2o1. The molecule has 2 aromatic rings. The minimum absolute atomic E-state index is 0.482. The number of fused-ring (bicyclic) bond motifs is 1. The Bertz CT molecular complexity index is 546. The van der Waals surface area contributed by atoms with Gasteiger partial charge in [-0.15, -0.1) is 0 Å². The van der Waals surface area contributed by atoms with Gasteiger partial charge in [0.25, 0.3) is 0 Å². The van der Waals surface area contributed by atoms with E-state index in [-0.39, 0.29) is 0 Å². The van der Waals surface area contributed by atoms with Crippen LogP contribution >= 0.6 is 0 Å². The highest BCUT2D eigenvalue weighted by Crippen LogP contribution is 2.33. The number of nitrogens with two attached hydrogens (primary N) is 1. The largest absolute Gasteiger partial charge is 0.461 e. The monoisotopic (exact) mass is 244 g/mol. The van der Waals surface area contributed by atoms with Crippen molar-refractivity contribution in [2.24, 2.45) is 5.73 Å². The Balaban J connectivity index is 2.07. The van der Waals surface area contributed by atoms with E-state index in [1.165, 1.54) is 23.9 Å². The van der Waals surface area contributed by atoms with Crippen molar-refractivity contribution in [2.45, 2.75) is 32.2 Å². The molecule has 1 atom stereocenters. The second kappa shape index (κ2) is 4.65. The van der Waals surface area contributed by atoms with E-state index in [2.05, 4.69) is 30.0 Å². The molecule has 3 rings (SSSR count). The fraction of sp³-hybridized carbons (Fsp3) is 0.467. The maximum Gasteiger partial charge on any atom is 0.136 e. The normalized spacial score (nSPS) is 19.9. The molecule has 1 aliphatic heterocycles. The molecular formula is C15H20N2O. The zero-order valence-corrected chi connectivity index (χ0v) is 10.9. The van der Waals surface area contributed by atoms with E-state index in [1.54, 1.807) is 0 Å². The molecule has 1 aromatic heterocycles. The summed E-state index contributed by atoms with van der Waals surface area (Å²) < 4.78 is 5.83. The van der Waals surface area contributed by atoms with Crippen molar-refractivity contribution >= 4 is 16.7 Å². The number of anilines is 1. The Morgan fingerprint density at radius 2 is 2.33 bits per heavy atom. The molecule has 1 aliphatic rings. The minimum atomic E-state index is 0.482. The number of furan rings is 1.